The number of carbonyl (C=O) groups excluding carboxylic acids is 3. The molecule has 2 aromatic carbocycles. The van der Waals surface area contributed by atoms with Crippen LogP contribution in [0.4, 0.5) is 5.69 Å². The van der Waals surface area contributed by atoms with Crippen LogP contribution in [0.1, 0.15) is 51.8 Å². The van der Waals surface area contributed by atoms with Gasteiger partial charge in [-0.3, -0.25) is 14.3 Å². The van der Waals surface area contributed by atoms with Crippen LogP contribution >= 0.6 is 0 Å². The number of aryl methyl sites for hydroxylation is 2. The predicted molar refractivity (Wildman–Crippen MR) is 149 cm³/mol. The minimum absolute atomic E-state index is 0.0163. The van der Waals surface area contributed by atoms with Gasteiger partial charge in [0.25, 0.3) is 21.8 Å². The summed E-state index contributed by atoms with van der Waals surface area (Å²) in [7, 11) is -3.98. The summed E-state index contributed by atoms with van der Waals surface area (Å²) < 4.78 is 39.1. The summed E-state index contributed by atoms with van der Waals surface area (Å²) in [5.41, 5.74) is 2.03. The van der Waals surface area contributed by atoms with Gasteiger partial charge in [-0.1, -0.05) is 31.5 Å². The number of esters is 1. The number of unbranched alkanes of at least 4 members (excludes halogenated alkanes) is 1. The van der Waals surface area contributed by atoms with Gasteiger partial charge in [0.1, 0.15) is 0 Å². The highest BCUT2D eigenvalue weighted by Crippen LogP contribution is 2.22. The molecule has 11 heteroatoms. The molecule has 40 heavy (non-hydrogen) atoms. The van der Waals surface area contributed by atoms with Crippen LogP contribution in [0.2, 0.25) is 0 Å². The van der Waals surface area contributed by atoms with Gasteiger partial charge < -0.3 is 19.0 Å². The van der Waals surface area contributed by atoms with E-state index in [0.29, 0.717) is 37.4 Å². The fraction of sp³-hybridized carbons (Fsp3) is 0.345. The Hall–Kier alpha value is -4.12. The number of ether oxygens (including phenoxy) is 1. The van der Waals surface area contributed by atoms with Crippen LogP contribution in [0, 0.1) is 6.92 Å². The number of nitrogens with one attached hydrogen (secondary N) is 1. The maximum atomic E-state index is 13.1. The van der Waals surface area contributed by atoms with E-state index in [1.165, 1.54) is 29.4 Å². The van der Waals surface area contributed by atoms with Crippen molar-refractivity contribution in [1.82, 2.24) is 9.80 Å². The Kier molecular flexibility index (Phi) is 9.26. The van der Waals surface area contributed by atoms with Crippen molar-refractivity contribution in [3.8, 4) is 0 Å². The summed E-state index contributed by atoms with van der Waals surface area (Å²) in [5.74, 6) is -1.21. The lowest BCUT2D eigenvalue weighted by molar-refractivity contribution is -0.136. The van der Waals surface area contributed by atoms with E-state index < -0.39 is 28.5 Å². The molecular weight excluding hydrogens is 534 g/mol. The maximum absolute atomic E-state index is 13.1. The molecule has 0 bridgehead atoms. The molecule has 2 amide bonds. The number of piperazine rings is 1. The third-order valence-electron chi connectivity index (χ3n) is 6.72. The summed E-state index contributed by atoms with van der Waals surface area (Å²) in [5, 5.41) is 0. The highest BCUT2D eigenvalue weighted by molar-refractivity contribution is 7.92. The van der Waals surface area contributed by atoms with Crippen molar-refractivity contribution in [3.05, 3.63) is 83.3 Å². The molecule has 0 unspecified atom stereocenters. The molecule has 4 rings (SSSR count). The predicted octanol–water partition coefficient (Wildman–Crippen LogP) is 3.87. The zero-order valence-corrected chi connectivity index (χ0v) is 23.4. The number of benzene rings is 2. The lowest BCUT2D eigenvalue weighted by atomic mass is 10.1. The Morgan fingerprint density at radius 2 is 1.68 bits per heavy atom. The van der Waals surface area contributed by atoms with Gasteiger partial charge in [0, 0.05) is 31.9 Å². The van der Waals surface area contributed by atoms with Crippen molar-refractivity contribution in [3.63, 3.8) is 0 Å². The molecule has 0 radical (unpaired) electrons. The molecule has 1 N–H and O–H groups in total. The highest BCUT2D eigenvalue weighted by Gasteiger charge is 2.27. The molecule has 3 aromatic rings. The number of hydrogen-bond acceptors (Lipinski definition) is 7. The quantitative estimate of drug-likeness (QED) is 0.369. The summed E-state index contributed by atoms with van der Waals surface area (Å²) in [6.07, 6.45) is 4.49. The van der Waals surface area contributed by atoms with Crippen LogP contribution in [-0.4, -0.2) is 68.8 Å². The molecular formula is C29H33N3O7S. The molecule has 10 nitrogen and oxygen atoms in total. The molecule has 212 valence electrons. The van der Waals surface area contributed by atoms with Crippen LogP contribution in [0.3, 0.4) is 0 Å². The molecule has 0 atom stereocenters. The zero-order chi connectivity index (χ0) is 28.7. The van der Waals surface area contributed by atoms with Crippen LogP contribution in [0.5, 0.6) is 0 Å². The molecule has 1 fully saturated rings. The van der Waals surface area contributed by atoms with Gasteiger partial charge >= 0.3 is 5.97 Å². The smallest absolute Gasteiger partial charge is 0.338 e. The second-order valence-corrected chi connectivity index (χ2v) is 11.3. The lowest BCUT2D eigenvalue weighted by Gasteiger charge is -2.34. The number of amides is 2. The van der Waals surface area contributed by atoms with Crippen molar-refractivity contribution in [1.29, 1.82) is 0 Å². The Balaban J connectivity index is 1.33. The first-order chi connectivity index (χ1) is 19.2. The average molecular weight is 568 g/mol. The third-order valence-corrected chi connectivity index (χ3v) is 8.24. The van der Waals surface area contributed by atoms with E-state index in [9.17, 15) is 22.8 Å². The van der Waals surface area contributed by atoms with E-state index in [-0.39, 0.29) is 22.1 Å². The Bertz CT molecular complexity index is 1440. The van der Waals surface area contributed by atoms with E-state index in [0.717, 1.165) is 24.8 Å². The summed E-state index contributed by atoms with van der Waals surface area (Å²) >= 11 is 0. The Morgan fingerprint density at radius 1 is 0.975 bits per heavy atom. The number of carbonyl (C=O) groups is 3. The van der Waals surface area contributed by atoms with Crippen LogP contribution in [-0.2, 0) is 26.0 Å². The SMILES string of the molecule is CCCCc1ccc(NS(=O)(=O)c2cc(C(=O)OCC(=O)N3CCN(C(=O)c4ccco4)CC3)ccc2C)cc1. The number of hydrogen-bond donors (Lipinski definition) is 1. The third kappa shape index (κ3) is 7.09. The molecule has 2 heterocycles. The fourth-order valence-electron chi connectivity index (χ4n) is 4.36. The largest absolute Gasteiger partial charge is 0.459 e. The van der Waals surface area contributed by atoms with Gasteiger partial charge in [-0.05, 0) is 67.3 Å². The molecule has 0 spiro atoms. The minimum atomic E-state index is -3.98. The van der Waals surface area contributed by atoms with Gasteiger partial charge in [0.05, 0.1) is 16.7 Å². The highest BCUT2D eigenvalue weighted by atomic mass is 32.2. The van der Waals surface area contributed by atoms with Gasteiger partial charge in [0.2, 0.25) is 0 Å². The second-order valence-electron chi connectivity index (χ2n) is 9.61. The van der Waals surface area contributed by atoms with Crippen molar-refractivity contribution >= 4 is 33.5 Å². The number of sulfonamides is 1. The first-order valence-electron chi connectivity index (χ1n) is 13.2. The molecule has 1 aromatic heterocycles. The molecule has 1 aliphatic rings. The number of furan rings is 1. The van der Waals surface area contributed by atoms with Crippen molar-refractivity contribution < 1.29 is 32.0 Å². The summed E-state index contributed by atoms with van der Waals surface area (Å²) in [6, 6.07) is 14.7. The normalized spacial score (nSPS) is 13.7. The van der Waals surface area contributed by atoms with Gasteiger partial charge in [-0.2, -0.15) is 0 Å². The Labute approximate surface area is 234 Å². The zero-order valence-electron chi connectivity index (χ0n) is 22.6. The topological polar surface area (TPSA) is 126 Å². The number of anilines is 1. The Morgan fingerprint density at radius 3 is 2.33 bits per heavy atom. The van der Waals surface area contributed by atoms with E-state index in [1.54, 1.807) is 36.1 Å². The van der Waals surface area contributed by atoms with E-state index >= 15 is 0 Å². The van der Waals surface area contributed by atoms with Crippen LogP contribution < -0.4 is 4.72 Å². The summed E-state index contributed by atoms with van der Waals surface area (Å²) in [6.45, 7) is 4.49. The average Bonchev–Trinajstić information content (AvgIpc) is 3.50. The van der Waals surface area contributed by atoms with Gasteiger partial charge in [0.15, 0.2) is 12.4 Å². The molecule has 0 saturated carbocycles. The maximum Gasteiger partial charge on any atom is 0.338 e. The fourth-order valence-corrected chi connectivity index (χ4v) is 5.69. The first-order valence-corrected chi connectivity index (χ1v) is 14.7. The van der Waals surface area contributed by atoms with E-state index in [2.05, 4.69) is 11.6 Å². The number of nitrogens with zero attached hydrogens (tertiary/aromatic N) is 2. The second kappa shape index (κ2) is 12.8. The molecule has 1 saturated heterocycles. The van der Waals surface area contributed by atoms with E-state index in [4.69, 9.17) is 9.15 Å². The van der Waals surface area contributed by atoms with E-state index in [1.807, 2.05) is 12.1 Å². The van der Waals surface area contributed by atoms with Crippen LogP contribution in [0.25, 0.3) is 0 Å². The van der Waals surface area contributed by atoms with Crippen molar-refractivity contribution in [2.24, 2.45) is 0 Å². The van der Waals surface area contributed by atoms with Crippen molar-refractivity contribution in [2.45, 2.75) is 38.0 Å². The standard InChI is InChI=1S/C29H33N3O7S/c1-3-4-6-22-9-12-24(13-10-22)30-40(36,37)26-19-23(11-8-21(26)2)29(35)39-20-27(33)31-14-16-32(17-15-31)28(34)25-7-5-18-38-25/h5,7-13,18-19,30H,3-4,6,14-17,20H2,1-2H3. The van der Waals surface area contributed by atoms with Crippen LogP contribution in [0.15, 0.2) is 70.2 Å². The monoisotopic (exact) mass is 567 g/mol. The molecule has 0 aliphatic carbocycles. The minimum Gasteiger partial charge on any atom is -0.459 e. The summed E-state index contributed by atoms with van der Waals surface area (Å²) in [4.78, 5) is 40.8. The van der Waals surface area contributed by atoms with Gasteiger partial charge in [-0.15, -0.1) is 0 Å². The van der Waals surface area contributed by atoms with Crippen molar-refractivity contribution in [2.75, 3.05) is 37.5 Å². The van der Waals surface area contributed by atoms with Gasteiger partial charge in [-0.25, -0.2) is 13.2 Å². The first kappa shape index (κ1) is 28.9. The number of rotatable bonds is 10. The molecule has 1 aliphatic heterocycles. The lowest BCUT2D eigenvalue weighted by Crippen LogP contribution is -2.51.